The van der Waals surface area contributed by atoms with Crippen molar-refractivity contribution in [2.45, 2.75) is 17.7 Å². The maximum Gasteiger partial charge on any atom is 0.243 e. The molecule has 1 aliphatic heterocycles. The van der Waals surface area contributed by atoms with E-state index in [1.807, 2.05) is 24.3 Å². The smallest absolute Gasteiger partial charge is 0.243 e. The van der Waals surface area contributed by atoms with Crippen LogP contribution in [0.4, 0.5) is 0 Å². The van der Waals surface area contributed by atoms with Crippen LogP contribution in [0.3, 0.4) is 0 Å². The molecule has 1 amide bonds. The summed E-state index contributed by atoms with van der Waals surface area (Å²) in [7, 11) is -3.50. The van der Waals surface area contributed by atoms with Crippen LogP contribution >= 0.6 is 15.9 Å². The summed E-state index contributed by atoms with van der Waals surface area (Å²) in [6.07, 6.45) is 2.32. The Kier molecular flexibility index (Phi) is 7.54. The van der Waals surface area contributed by atoms with Crippen LogP contribution in [0.5, 0.6) is 0 Å². The van der Waals surface area contributed by atoms with Crippen molar-refractivity contribution >= 4 is 38.1 Å². The van der Waals surface area contributed by atoms with Gasteiger partial charge in [-0.15, -0.1) is 0 Å². The van der Waals surface area contributed by atoms with E-state index in [9.17, 15) is 13.2 Å². The van der Waals surface area contributed by atoms with Gasteiger partial charge in [0.2, 0.25) is 15.9 Å². The largest absolute Gasteiger partial charge is 0.379 e. The number of aryl methyl sites for hydroxylation is 1. The Labute approximate surface area is 178 Å². The maximum absolute atomic E-state index is 12.6. The van der Waals surface area contributed by atoms with Gasteiger partial charge in [-0.3, -0.25) is 4.79 Å². The Morgan fingerprint density at radius 2 is 1.83 bits per heavy atom. The second-order valence-electron chi connectivity index (χ2n) is 6.48. The number of morpholine rings is 1. The van der Waals surface area contributed by atoms with Gasteiger partial charge in [-0.2, -0.15) is 9.41 Å². The number of benzene rings is 2. The van der Waals surface area contributed by atoms with Gasteiger partial charge < -0.3 is 4.74 Å². The zero-order chi connectivity index (χ0) is 20.7. The number of hydrazone groups is 1. The minimum absolute atomic E-state index is 0.210. The predicted molar refractivity (Wildman–Crippen MR) is 114 cm³/mol. The third-order valence-corrected chi connectivity index (χ3v) is 7.11. The minimum Gasteiger partial charge on any atom is -0.379 e. The first kappa shape index (κ1) is 21.6. The van der Waals surface area contributed by atoms with Gasteiger partial charge in [0.05, 0.1) is 24.3 Å². The van der Waals surface area contributed by atoms with Crippen molar-refractivity contribution in [2.75, 3.05) is 26.3 Å². The minimum atomic E-state index is -3.50. The highest BCUT2D eigenvalue weighted by atomic mass is 79.9. The van der Waals surface area contributed by atoms with Gasteiger partial charge in [0, 0.05) is 29.5 Å². The summed E-state index contributed by atoms with van der Waals surface area (Å²) in [5.74, 6) is -0.210. The van der Waals surface area contributed by atoms with Crippen LogP contribution in [0.1, 0.15) is 17.5 Å². The lowest BCUT2D eigenvalue weighted by Gasteiger charge is -2.26. The summed E-state index contributed by atoms with van der Waals surface area (Å²) < 4.78 is 32.8. The molecule has 0 spiro atoms. The van der Waals surface area contributed by atoms with Gasteiger partial charge >= 0.3 is 0 Å². The lowest BCUT2D eigenvalue weighted by molar-refractivity contribution is -0.121. The molecule has 0 bridgehead atoms. The fourth-order valence-electron chi connectivity index (χ4n) is 2.83. The molecule has 0 unspecified atom stereocenters. The van der Waals surface area contributed by atoms with Gasteiger partial charge in [-0.05, 0) is 30.2 Å². The number of nitrogens with zero attached hydrogens (tertiary/aromatic N) is 2. The molecule has 1 fully saturated rings. The normalized spacial score (nSPS) is 15.5. The van der Waals surface area contributed by atoms with Gasteiger partial charge in [0.1, 0.15) is 0 Å². The summed E-state index contributed by atoms with van der Waals surface area (Å²) in [4.78, 5) is 12.2. The molecule has 1 heterocycles. The van der Waals surface area contributed by atoms with Crippen molar-refractivity contribution < 1.29 is 17.9 Å². The Bertz CT molecular complexity index is 971. The first-order valence-corrected chi connectivity index (χ1v) is 11.4. The zero-order valence-electron chi connectivity index (χ0n) is 15.8. The number of carbonyl (C=O) groups excluding carboxylic acids is 1. The van der Waals surface area contributed by atoms with Gasteiger partial charge in [0.15, 0.2) is 0 Å². The summed E-state index contributed by atoms with van der Waals surface area (Å²) >= 11 is 3.41. The lowest BCUT2D eigenvalue weighted by atomic mass is 10.1. The fraction of sp³-hybridized carbons (Fsp3) is 0.300. The molecule has 2 aromatic carbocycles. The van der Waals surface area contributed by atoms with Crippen LogP contribution in [0.2, 0.25) is 0 Å². The van der Waals surface area contributed by atoms with E-state index >= 15 is 0 Å². The Balaban J connectivity index is 1.51. The lowest BCUT2D eigenvalue weighted by Crippen LogP contribution is -2.40. The average Bonchev–Trinajstić information content (AvgIpc) is 2.74. The number of amides is 1. The number of halogens is 1. The maximum atomic E-state index is 12.6. The first-order chi connectivity index (χ1) is 14.0. The number of nitrogens with one attached hydrogen (secondary N) is 1. The Hall–Kier alpha value is -2.07. The van der Waals surface area contributed by atoms with E-state index in [1.165, 1.54) is 4.31 Å². The molecule has 1 N–H and O–H groups in total. The summed E-state index contributed by atoms with van der Waals surface area (Å²) in [5, 5.41) is 3.96. The quantitative estimate of drug-likeness (QED) is 0.488. The molecular weight excluding hydrogens is 458 g/mol. The monoisotopic (exact) mass is 479 g/mol. The van der Waals surface area contributed by atoms with E-state index in [-0.39, 0.29) is 17.2 Å². The van der Waals surface area contributed by atoms with Gasteiger partial charge in [-0.1, -0.05) is 46.3 Å². The molecule has 0 aromatic heterocycles. The van der Waals surface area contributed by atoms with E-state index in [4.69, 9.17) is 4.74 Å². The molecule has 2 aromatic rings. The highest BCUT2D eigenvalue weighted by Crippen LogP contribution is 2.18. The van der Waals surface area contributed by atoms with Crippen molar-refractivity contribution in [3.63, 3.8) is 0 Å². The van der Waals surface area contributed by atoms with Crippen molar-refractivity contribution in [2.24, 2.45) is 5.10 Å². The molecule has 1 saturated heterocycles. The number of rotatable bonds is 7. The Morgan fingerprint density at radius 3 is 2.52 bits per heavy atom. The molecule has 9 heteroatoms. The Morgan fingerprint density at radius 1 is 1.14 bits per heavy atom. The van der Waals surface area contributed by atoms with Crippen LogP contribution in [-0.4, -0.2) is 51.1 Å². The highest BCUT2D eigenvalue weighted by Gasteiger charge is 2.26. The third kappa shape index (κ3) is 5.96. The molecular formula is C20H22BrN3O4S. The fourth-order valence-corrected chi connectivity index (χ4v) is 4.63. The molecule has 0 radical (unpaired) electrons. The van der Waals surface area contributed by atoms with Crippen molar-refractivity contribution in [3.8, 4) is 0 Å². The molecule has 0 atom stereocenters. The first-order valence-electron chi connectivity index (χ1n) is 9.20. The predicted octanol–water partition coefficient (Wildman–Crippen LogP) is 2.55. The molecule has 154 valence electrons. The topological polar surface area (TPSA) is 88.1 Å². The zero-order valence-corrected chi connectivity index (χ0v) is 18.2. The molecule has 1 aliphatic rings. The molecule has 3 rings (SSSR count). The summed E-state index contributed by atoms with van der Waals surface area (Å²) in [6.45, 7) is 1.56. The average molecular weight is 480 g/mol. The van der Waals surface area contributed by atoms with Crippen molar-refractivity contribution in [3.05, 3.63) is 64.1 Å². The summed E-state index contributed by atoms with van der Waals surface area (Å²) in [5.41, 5.74) is 4.25. The van der Waals surface area contributed by atoms with E-state index in [2.05, 4.69) is 26.5 Å². The molecule has 0 aliphatic carbocycles. The van der Waals surface area contributed by atoms with E-state index in [0.717, 1.165) is 15.6 Å². The number of sulfonamides is 1. The van der Waals surface area contributed by atoms with Crippen molar-refractivity contribution in [1.29, 1.82) is 0 Å². The van der Waals surface area contributed by atoms with Crippen LogP contribution in [-0.2, 0) is 26.0 Å². The number of hydrogen-bond donors (Lipinski definition) is 1. The molecule has 0 saturated carbocycles. The highest BCUT2D eigenvalue weighted by molar-refractivity contribution is 9.10. The standard InChI is InChI=1S/C20H22BrN3O4S/c21-19-4-2-1-3-17(19)15-22-23-20(25)10-7-16-5-8-18(9-6-16)29(26,27)24-11-13-28-14-12-24/h1-6,8-9,15H,7,10-14H2,(H,23,25)/b22-15-. The van der Waals surface area contributed by atoms with Crippen LogP contribution in [0.15, 0.2) is 63.0 Å². The van der Waals surface area contributed by atoms with Gasteiger partial charge in [-0.25, -0.2) is 13.8 Å². The molecule has 7 nitrogen and oxygen atoms in total. The SMILES string of the molecule is O=C(CCc1ccc(S(=O)(=O)N2CCOCC2)cc1)N/N=C\c1ccccc1Br. The number of hydrogen-bond acceptors (Lipinski definition) is 5. The second kappa shape index (κ2) is 10.1. The van der Waals surface area contributed by atoms with Crippen molar-refractivity contribution in [1.82, 2.24) is 9.73 Å². The van der Waals surface area contributed by atoms with Crippen LogP contribution in [0, 0.1) is 0 Å². The molecule has 29 heavy (non-hydrogen) atoms. The summed E-state index contributed by atoms with van der Waals surface area (Å²) in [6, 6.07) is 14.2. The number of carbonyl (C=O) groups is 1. The third-order valence-electron chi connectivity index (χ3n) is 4.47. The van der Waals surface area contributed by atoms with E-state index in [0.29, 0.717) is 32.7 Å². The van der Waals surface area contributed by atoms with Crippen LogP contribution in [0.25, 0.3) is 0 Å². The van der Waals surface area contributed by atoms with Crippen LogP contribution < -0.4 is 5.43 Å². The van der Waals surface area contributed by atoms with E-state index < -0.39 is 10.0 Å². The number of ether oxygens (including phenoxy) is 1. The second-order valence-corrected chi connectivity index (χ2v) is 9.27. The van der Waals surface area contributed by atoms with E-state index in [1.54, 1.807) is 30.5 Å². The van der Waals surface area contributed by atoms with Gasteiger partial charge in [0.25, 0.3) is 0 Å².